The second-order valence-corrected chi connectivity index (χ2v) is 2.51. The lowest BCUT2D eigenvalue weighted by molar-refractivity contribution is -0.0852. The van der Waals surface area contributed by atoms with Crippen LogP contribution in [0.25, 0.3) is 0 Å². The molecule has 0 bridgehead atoms. The number of allylic oxidation sites excluding steroid dienone is 2. The van der Waals surface area contributed by atoms with Crippen LogP contribution in [0, 0.1) is 0 Å². The highest BCUT2D eigenvalue weighted by Crippen LogP contribution is 2.22. The van der Waals surface area contributed by atoms with Gasteiger partial charge in [-0.15, -0.1) is 0 Å². The van der Waals surface area contributed by atoms with E-state index in [0.29, 0.717) is 6.21 Å². The summed E-state index contributed by atoms with van der Waals surface area (Å²) < 4.78 is 35.3. The molecule has 0 saturated heterocycles. The molecule has 0 unspecified atom stereocenters. The topological polar surface area (TPSA) is 12.4 Å². The van der Waals surface area contributed by atoms with E-state index in [1.807, 2.05) is 0 Å². The van der Waals surface area contributed by atoms with Crippen LogP contribution in [0.1, 0.15) is 13.8 Å². The predicted octanol–water partition coefficient (Wildman–Crippen LogP) is 3.10. The molecule has 0 aliphatic rings. The predicted molar refractivity (Wildman–Crippen MR) is 43.1 cm³/mol. The number of alkyl halides is 3. The quantitative estimate of drug-likeness (QED) is 0.574. The zero-order valence-electron chi connectivity index (χ0n) is 6.94. The van der Waals surface area contributed by atoms with Crippen LogP contribution in [-0.2, 0) is 0 Å². The molecule has 0 spiro atoms. The van der Waals surface area contributed by atoms with Crippen molar-refractivity contribution in [2.45, 2.75) is 20.0 Å². The molecule has 0 saturated carbocycles. The van der Waals surface area contributed by atoms with E-state index in [1.54, 1.807) is 13.8 Å². The molecule has 0 radical (unpaired) electrons. The molecule has 0 N–H and O–H groups in total. The Bertz CT molecular complexity index is 219. The number of rotatable bonds is 2. The lowest BCUT2D eigenvalue weighted by Crippen LogP contribution is -2.11. The number of halogens is 3. The molecule has 12 heavy (non-hydrogen) atoms. The molecule has 0 fully saturated rings. The van der Waals surface area contributed by atoms with Crippen molar-refractivity contribution in [1.82, 2.24) is 0 Å². The largest absolute Gasteiger partial charge is 0.417 e. The maximum absolute atomic E-state index is 11.8. The second kappa shape index (κ2) is 4.09. The summed E-state index contributed by atoms with van der Waals surface area (Å²) in [5, 5.41) is 0. The van der Waals surface area contributed by atoms with Crippen molar-refractivity contribution < 1.29 is 13.2 Å². The minimum absolute atomic E-state index is 0.701. The van der Waals surface area contributed by atoms with E-state index in [4.69, 9.17) is 0 Å². The summed E-state index contributed by atoms with van der Waals surface area (Å²) in [5.74, 6) is 0. The van der Waals surface area contributed by atoms with Crippen LogP contribution >= 0.6 is 0 Å². The van der Waals surface area contributed by atoms with Crippen molar-refractivity contribution in [2.75, 3.05) is 0 Å². The van der Waals surface area contributed by atoms with Crippen LogP contribution in [-0.4, -0.2) is 12.4 Å². The summed E-state index contributed by atoms with van der Waals surface area (Å²) in [5.41, 5.74) is -0.110. The smallest absolute Gasteiger partial charge is 0.264 e. The van der Waals surface area contributed by atoms with Gasteiger partial charge in [-0.05, 0) is 13.8 Å². The number of hydrogen-bond acceptors (Lipinski definition) is 1. The average molecular weight is 177 g/mol. The minimum Gasteiger partial charge on any atom is -0.264 e. The molecular weight excluding hydrogens is 167 g/mol. The van der Waals surface area contributed by atoms with Crippen molar-refractivity contribution >= 4 is 6.21 Å². The molecular formula is C8H10F3N. The highest BCUT2D eigenvalue weighted by molar-refractivity contribution is 5.79. The van der Waals surface area contributed by atoms with Gasteiger partial charge >= 0.3 is 6.18 Å². The minimum atomic E-state index is -4.38. The van der Waals surface area contributed by atoms with E-state index in [2.05, 4.69) is 11.6 Å². The Hall–Kier alpha value is -1.06. The van der Waals surface area contributed by atoms with E-state index < -0.39 is 11.7 Å². The molecule has 0 aliphatic carbocycles. The molecule has 68 valence electrons. The van der Waals surface area contributed by atoms with Gasteiger partial charge in [-0.3, -0.25) is 4.99 Å². The third-order valence-electron chi connectivity index (χ3n) is 0.927. The lowest BCUT2D eigenvalue weighted by atomic mass is 10.3. The van der Waals surface area contributed by atoms with Gasteiger partial charge in [0.1, 0.15) is 0 Å². The van der Waals surface area contributed by atoms with Crippen LogP contribution in [0.3, 0.4) is 0 Å². The van der Waals surface area contributed by atoms with Gasteiger partial charge in [0.2, 0.25) is 0 Å². The van der Waals surface area contributed by atoms with Crippen molar-refractivity contribution in [1.29, 1.82) is 0 Å². The maximum atomic E-state index is 11.8. The highest BCUT2D eigenvalue weighted by Gasteiger charge is 2.30. The van der Waals surface area contributed by atoms with Gasteiger partial charge in [0.25, 0.3) is 0 Å². The van der Waals surface area contributed by atoms with E-state index in [0.717, 1.165) is 5.57 Å². The number of aliphatic imine (C=N–C) groups is 1. The summed E-state index contributed by atoms with van der Waals surface area (Å²) in [6.45, 7) is 6.31. The fourth-order valence-corrected chi connectivity index (χ4v) is 0.350. The Morgan fingerprint density at radius 2 is 1.83 bits per heavy atom. The average Bonchev–Trinajstić information content (AvgIpc) is 1.84. The summed E-state index contributed by atoms with van der Waals surface area (Å²) in [6, 6.07) is 0. The van der Waals surface area contributed by atoms with Crippen molar-refractivity contribution in [2.24, 2.45) is 4.99 Å². The van der Waals surface area contributed by atoms with Crippen LogP contribution in [0.4, 0.5) is 13.2 Å². The molecule has 4 heteroatoms. The van der Waals surface area contributed by atoms with Gasteiger partial charge in [-0.2, -0.15) is 13.2 Å². The Kier molecular flexibility index (Phi) is 3.73. The molecule has 0 aromatic heterocycles. The van der Waals surface area contributed by atoms with Crippen molar-refractivity contribution in [3.8, 4) is 0 Å². The standard InChI is InChI=1S/C8H10F3N/c1-6(2)4-12-5-7(3)8(9,10)11/h4-5H,3H2,1-2H3/b12-5-. The third-order valence-corrected chi connectivity index (χ3v) is 0.927. The van der Waals surface area contributed by atoms with Gasteiger partial charge in [0.15, 0.2) is 0 Å². The Labute approximate surface area is 69.3 Å². The first-order valence-electron chi connectivity index (χ1n) is 3.26. The van der Waals surface area contributed by atoms with E-state index in [1.165, 1.54) is 6.20 Å². The number of nitrogens with zero attached hydrogens (tertiary/aromatic N) is 1. The van der Waals surface area contributed by atoms with Gasteiger partial charge in [0, 0.05) is 12.4 Å². The summed E-state index contributed by atoms with van der Waals surface area (Å²) in [7, 11) is 0. The Balaban J connectivity index is 4.20. The first-order chi connectivity index (χ1) is 5.34. The van der Waals surface area contributed by atoms with Gasteiger partial charge in [-0.1, -0.05) is 12.2 Å². The first kappa shape index (κ1) is 10.9. The third kappa shape index (κ3) is 4.71. The normalized spacial score (nSPS) is 11.8. The van der Waals surface area contributed by atoms with Gasteiger partial charge in [0.05, 0.1) is 5.57 Å². The Morgan fingerprint density at radius 1 is 1.33 bits per heavy atom. The molecule has 0 rings (SSSR count). The summed E-state index contributed by atoms with van der Waals surface area (Å²) in [6.07, 6.45) is -2.33. The summed E-state index contributed by atoms with van der Waals surface area (Å²) in [4.78, 5) is 3.43. The monoisotopic (exact) mass is 177 g/mol. The molecule has 0 aromatic carbocycles. The lowest BCUT2D eigenvalue weighted by Gasteiger charge is -2.02. The van der Waals surface area contributed by atoms with E-state index in [-0.39, 0.29) is 0 Å². The second-order valence-electron chi connectivity index (χ2n) is 2.51. The zero-order valence-corrected chi connectivity index (χ0v) is 6.94. The molecule has 1 nitrogen and oxygen atoms in total. The van der Waals surface area contributed by atoms with Crippen molar-refractivity contribution in [3.05, 3.63) is 23.9 Å². The first-order valence-corrected chi connectivity index (χ1v) is 3.26. The molecule has 0 aromatic rings. The highest BCUT2D eigenvalue weighted by atomic mass is 19.4. The zero-order chi connectivity index (χ0) is 9.78. The van der Waals surface area contributed by atoms with Crippen LogP contribution in [0.15, 0.2) is 28.9 Å². The van der Waals surface area contributed by atoms with Crippen LogP contribution in [0.2, 0.25) is 0 Å². The van der Waals surface area contributed by atoms with E-state index >= 15 is 0 Å². The van der Waals surface area contributed by atoms with E-state index in [9.17, 15) is 13.2 Å². The SMILES string of the molecule is C=C(/C=N\C=C(C)C)C(F)(F)F. The van der Waals surface area contributed by atoms with Gasteiger partial charge in [-0.25, -0.2) is 0 Å². The molecule has 0 heterocycles. The molecule has 0 aliphatic heterocycles. The molecule has 0 amide bonds. The fourth-order valence-electron chi connectivity index (χ4n) is 0.350. The Morgan fingerprint density at radius 3 is 2.17 bits per heavy atom. The number of hydrogen-bond donors (Lipinski definition) is 0. The maximum Gasteiger partial charge on any atom is 0.417 e. The fraction of sp³-hybridized carbons (Fsp3) is 0.375. The van der Waals surface area contributed by atoms with Gasteiger partial charge < -0.3 is 0 Å². The van der Waals surface area contributed by atoms with Crippen LogP contribution in [0.5, 0.6) is 0 Å². The van der Waals surface area contributed by atoms with Crippen LogP contribution < -0.4 is 0 Å². The molecule has 0 atom stereocenters. The van der Waals surface area contributed by atoms with Crippen molar-refractivity contribution in [3.63, 3.8) is 0 Å². The summed E-state index contributed by atoms with van der Waals surface area (Å²) >= 11 is 0.